The monoisotopic (exact) mass is 277 g/mol. The molecule has 1 saturated carbocycles. The minimum absolute atomic E-state index is 0.0996. The summed E-state index contributed by atoms with van der Waals surface area (Å²) in [4.78, 5) is 12.1. The van der Waals surface area contributed by atoms with E-state index in [1.165, 1.54) is 0 Å². The summed E-state index contributed by atoms with van der Waals surface area (Å²) in [5, 5.41) is 22.7. The normalized spacial score (nSPS) is 26.9. The number of aryl methyl sites for hydroxylation is 1. The van der Waals surface area contributed by atoms with E-state index in [1.807, 2.05) is 31.2 Å². The van der Waals surface area contributed by atoms with Crippen LogP contribution in [0.2, 0.25) is 0 Å². The van der Waals surface area contributed by atoms with Gasteiger partial charge in [0.25, 0.3) is 0 Å². The van der Waals surface area contributed by atoms with Gasteiger partial charge in [-0.3, -0.25) is 4.79 Å². The number of nitrogens with one attached hydrogen (secondary N) is 1. The first-order chi connectivity index (χ1) is 9.58. The van der Waals surface area contributed by atoms with Crippen molar-refractivity contribution in [3.63, 3.8) is 0 Å². The number of rotatable bonds is 3. The second-order valence-corrected chi connectivity index (χ2v) is 5.62. The summed E-state index contributed by atoms with van der Waals surface area (Å²) in [5.41, 5.74) is 2.08. The lowest BCUT2D eigenvalue weighted by Crippen LogP contribution is -2.47. The maximum atomic E-state index is 12.1. The highest BCUT2D eigenvalue weighted by Gasteiger charge is 2.29. The van der Waals surface area contributed by atoms with Gasteiger partial charge in [0, 0.05) is 0 Å². The fraction of sp³-hybridized carbons (Fsp3) is 0.562. The van der Waals surface area contributed by atoms with Crippen molar-refractivity contribution < 1.29 is 15.0 Å². The zero-order valence-corrected chi connectivity index (χ0v) is 11.9. The molecule has 3 atom stereocenters. The van der Waals surface area contributed by atoms with Crippen LogP contribution in [0.25, 0.3) is 0 Å². The van der Waals surface area contributed by atoms with Crippen LogP contribution in [0, 0.1) is 6.92 Å². The van der Waals surface area contributed by atoms with E-state index in [2.05, 4.69) is 5.32 Å². The maximum Gasteiger partial charge on any atom is 0.224 e. The molecule has 0 saturated heterocycles. The van der Waals surface area contributed by atoms with E-state index in [0.29, 0.717) is 12.8 Å². The molecule has 0 aliphatic heterocycles. The van der Waals surface area contributed by atoms with Gasteiger partial charge in [0.15, 0.2) is 0 Å². The zero-order chi connectivity index (χ0) is 14.5. The van der Waals surface area contributed by atoms with Gasteiger partial charge >= 0.3 is 0 Å². The Morgan fingerprint density at radius 3 is 2.70 bits per heavy atom. The van der Waals surface area contributed by atoms with Crippen molar-refractivity contribution in [2.24, 2.45) is 0 Å². The van der Waals surface area contributed by atoms with Crippen molar-refractivity contribution in [3.05, 3.63) is 35.4 Å². The third-order valence-electron chi connectivity index (χ3n) is 4.03. The van der Waals surface area contributed by atoms with Gasteiger partial charge in [-0.2, -0.15) is 0 Å². The molecular weight excluding hydrogens is 254 g/mol. The molecule has 20 heavy (non-hydrogen) atoms. The predicted octanol–water partition coefficient (Wildman–Crippen LogP) is 1.32. The quantitative estimate of drug-likeness (QED) is 0.730. The number of hydrogen-bond donors (Lipinski definition) is 3. The lowest BCUT2D eigenvalue weighted by atomic mass is 10.0. The molecule has 1 aliphatic rings. The van der Waals surface area contributed by atoms with E-state index in [4.69, 9.17) is 0 Å². The molecule has 110 valence electrons. The summed E-state index contributed by atoms with van der Waals surface area (Å²) in [6.07, 6.45) is 1.85. The summed E-state index contributed by atoms with van der Waals surface area (Å²) in [6, 6.07) is 7.44. The van der Waals surface area contributed by atoms with Gasteiger partial charge in [0.2, 0.25) is 5.91 Å². The first-order valence-electron chi connectivity index (χ1n) is 7.28. The van der Waals surface area contributed by atoms with E-state index in [0.717, 1.165) is 30.4 Å². The number of amides is 1. The van der Waals surface area contributed by atoms with Gasteiger partial charge in [0.1, 0.15) is 0 Å². The highest BCUT2D eigenvalue weighted by Crippen LogP contribution is 2.19. The third-order valence-corrected chi connectivity index (χ3v) is 4.03. The molecule has 1 fully saturated rings. The van der Waals surface area contributed by atoms with Crippen LogP contribution in [-0.2, 0) is 11.2 Å². The second kappa shape index (κ2) is 6.86. The minimum Gasteiger partial charge on any atom is -0.390 e. The lowest BCUT2D eigenvalue weighted by Gasteiger charge is -2.25. The molecule has 3 N–H and O–H groups in total. The van der Waals surface area contributed by atoms with Crippen LogP contribution in [-0.4, -0.2) is 34.4 Å². The molecule has 1 aromatic rings. The summed E-state index contributed by atoms with van der Waals surface area (Å²) >= 11 is 0. The Hall–Kier alpha value is -1.39. The van der Waals surface area contributed by atoms with Gasteiger partial charge in [-0.15, -0.1) is 0 Å². The smallest absolute Gasteiger partial charge is 0.224 e. The van der Waals surface area contributed by atoms with Crippen LogP contribution in [0.3, 0.4) is 0 Å². The minimum atomic E-state index is -0.863. The molecule has 0 heterocycles. The SMILES string of the molecule is Cc1ccccc1CC(=O)N[C@@H]1CCCC[C@@H](O)[C@@H]1O. The fourth-order valence-corrected chi connectivity index (χ4v) is 2.72. The van der Waals surface area contributed by atoms with Crippen LogP contribution in [0.5, 0.6) is 0 Å². The predicted molar refractivity (Wildman–Crippen MR) is 77.3 cm³/mol. The molecule has 1 amide bonds. The molecule has 0 spiro atoms. The van der Waals surface area contributed by atoms with E-state index < -0.39 is 12.2 Å². The van der Waals surface area contributed by atoms with Crippen molar-refractivity contribution in [2.45, 2.75) is 57.3 Å². The average molecular weight is 277 g/mol. The highest BCUT2D eigenvalue weighted by atomic mass is 16.3. The Bertz CT molecular complexity index is 461. The number of carbonyl (C=O) groups is 1. The summed E-state index contributed by atoms with van der Waals surface area (Å²) in [7, 11) is 0. The first kappa shape index (κ1) is 15.0. The van der Waals surface area contributed by atoms with E-state index in [-0.39, 0.29) is 11.9 Å². The number of aliphatic hydroxyl groups is 2. The number of aliphatic hydroxyl groups excluding tert-OH is 2. The Morgan fingerprint density at radius 2 is 1.95 bits per heavy atom. The Balaban J connectivity index is 1.95. The third kappa shape index (κ3) is 3.81. The number of hydrogen-bond acceptors (Lipinski definition) is 3. The maximum absolute atomic E-state index is 12.1. The van der Waals surface area contributed by atoms with E-state index in [9.17, 15) is 15.0 Å². The Labute approximate surface area is 119 Å². The van der Waals surface area contributed by atoms with E-state index >= 15 is 0 Å². The molecule has 0 radical (unpaired) electrons. The number of carbonyl (C=O) groups excluding carboxylic acids is 1. The molecule has 4 heteroatoms. The van der Waals surface area contributed by atoms with Gasteiger partial charge in [0.05, 0.1) is 24.7 Å². The van der Waals surface area contributed by atoms with Gasteiger partial charge in [-0.25, -0.2) is 0 Å². The summed E-state index contributed by atoms with van der Waals surface area (Å²) in [6.45, 7) is 1.98. The second-order valence-electron chi connectivity index (χ2n) is 5.62. The van der Waals surface area contributed by atoms with Crippen LogP contribution in [0.15, 0.2) is 24.3 Å². The van der Waals surface area contributed by atoms with Crippen molar-refractivity contribution in [3.8, 4) is 0 Å². The fourth-order valence-electron chi connectivity index (χ4n) is 2.72. The molecule has 1 aliphatic carbocycles. The standard InChI is InChI=1S/C16H23NO3/c1-11-6-2-3-7-12(11)10-15(19)17-13-8-4-5-9-14(18)16(13)20/h2-3,6-7,13-14,16,18,20H,4-5,8-10H2,1H3,(H,17,19)/t13-,14-,16-/m1/s1. The van der Waals surface area contributed by atoms with Crippen LogP contribution >= 0.6 is 0 Å². The molecule has 4 nitrogen and oxygen atoms in total. The molecule has 0 unspecified atom stereocenters. The van der Waals surface area contributed by atoms with Crippen LogP contribution in [0.1, 0.15) is 36.8 Å². The van der Waals surface area contributed by atoms with Crippen molar-refractivity contribution >= 4 is 5.91 Å². The molecule has 0 bridgehead atoms. The van der Waals surface area contributed by atoms with Gasteiger partial charge in [-0.05, 0) is 30.9 Å². The molecular formula is C16H23NO3. The largest absolute Gasteiger partial charge is 0.390 e. The van der Waals surface area contributed by atoms with Crippen molar-refractivity contribution in [1.29, 1.82) is 0 Å². The summed E-state index contributed by atoms with van der Waals surface area (Å²) < 4.78 is 0. The van der Waals surface area contributed by atoms with E-state index in [1.54, 1.807) is 0 Å². The Morgan fingerprint density at radius 1 is 1.25 bits per heavy atom. The lowest BCUT2D eigenvalue weighted by molar-refractivity contribution is -0.122. The molecule has 2 rings (SSSR count). The topological polar surface area (TPSA) is 69.6 Å². The summed E-state index contributed by atoms with van der Waals surface area (Å²) in [5.74, 6) is -0.0996. The Kier molecular flexibility index (Phi) is 5.15. The van der Waals surface area contributed by atoms with Crippen LogP contribution < -0.4 is 5.32 Å². The van der Waals surface area contributed by atoms with Crippen LogP contribution in [0.4, 0.5) is 0 Å². The van der Waals surface area contributed by atoms with Crippen molar-refractivity contribution in [2.75, 3.05) is 0 Å². The molecule has 1 aromatic carbocycles. The average Bonchev–Trinajstić information content (AvgIpc) is 2.57. The van der Waals surface area contributed by atoms with Gasteiger partial charge in [-0.1, -0.05) is 37.1 Å². The number of benzene rings is 1. The first-order valence-corrected chi connectivity index (χ1v) is 7.28. The molecule has 0 aromatic heterocycles. The van der Waals surface area contributed by atoms with Gasteiger partial charge < -0.3 is 15.5 Å². The highest BCUT2D eigenvalue weighted by molar-refractivity contribution is 5.79. The van der Waals surface area contributed by atoms with Crippen molar-refractivity contribution in [1.82, 2.24) is 5.32 Å². The zero-order valence-electron chi connectivity index (χ0n) is 11.9.